The van der Waals surface area contributed by atoms with Crippen LogP contribution in [0.4, 0.5) is 5.82 Å². The fourth-order valence-electron chi connectivity index (χ4n) is 3.45. The highest BCUT2D eigenvalue weighted by Crippen LogP contribution is 2.36. The van der Waals surface area contributed by atoms with Crippen LogP contribution in [0, 0.1) is 16.1 Å². The molecule has 1 atom stereocenters. The minimum atomic E-state index is -2.99. The topological polar surface area (TPSA) is 124 Å². The quantitative estimate of drug-likeness (QED) is 0.818. The maximum Gasteiger partial charge on any atom is 0.133 e. The van der Waals surface area contributed by atoms with Crippen LogP contribution in [0.1, 0.15) is 12.0 Å². The molecule has 0 amide bonds. The zero-order valence-corrected chi connectivity index (χ0v) is 14.9. The van der Waals surface area contributed by atoms with Crippen molar-refractivity contribution in [2.45, 2.75) is 18.4 Å². The van der Waals surface area contributed by atoms with Crippen molar-refractivity contribution in [1.29, 1.82) is 10.0 Å². The monoisotopic (exact) mass is 370 g/mol. The van der Waals surface area contributed by atoms with Gasteiger partial charge < -0.3 is 5.32 Å². The molecule has 134 valence electrons. The number of fused-ring (bicyclic) bond motifs is 1. The zero-order chi connectivity index (χ0) is 18.4. The molecular formula is C16H18N8OS. The summed E-state index contributed by atoms with van der Waals surface area (Å²) in [4.78, 5) is 8.65. The van der Waals surface area contributed by atoms with Crippen molar-refractivity contribution in [1.82, 2.24) is 24.1 Å². The summed E-state index contributed by atoms with van der Waals surface area (Å²) < 4.78 is 23.2. The molecule has 2 N–H and O–H groups in total. The van der Waals surface area contributed by atoms with Gasteiger partial charge in [0, 0.05) is 42.4 Å². The molecule has 4 rings (SSSR count). The smallest absolute Gasteiger partial charge is 0.133 e. The van der Waals surface area contributed by atoms with Crippen LogP contribution in [-0.4, -0.2) is 47.9 Å². The van der Waals surface area contributed by atoms with Crippen molar-refractivity contribution >= 4 is 15.7 Å². The minimum absolute atomic E-state index is 0.223. The van der Waals surface area contributed by atoms with Crippen molar-refractivity contribution in [3.05, 3.63) is 36.3 Å². The molecule has 2 aliphatic heterocycles. The molecule has 2 aromatic heterocycles. The lowest BCUT2D eigenvalue weighted by Crippen LogP contribution is -2.63. The van der Waals surface area contributed by atoms with Gasteiger partial charge in [-0.15, -0.1) is 0 Å². The first kappa shape index (κ1) is 16.7. The molecule has 0 unspecified atom stereocenters. The van der Waals surface area contributed by atoms with Gasteiger partial charge in [-0.2, -0.15) is 10.4 Å². The second-order valence-electron chi connectivity index (χ2n) is 6.49. The Morgan fingerprint density at radius 3 is 3.04 bits per heavy atom. The first-order valence-electron chi connectivity index (χ1n) is 8.16. The van der Waals surface area contributed by atoms with E-state index in [2.05, 4.69) is 33.0 Å². The lowest BCUT2D eigenvalue weighted by Gasteiger charge is -2.48. The molecule has 4 heterocycles. The van der Waals surface area contributed by atoms with Gasteiger partial charge in [-0.05, 0) is 6.42 Å². The maximum atomic E-state index is 12.2. The summed E-state index contributed by atoms with van der Waals surface area (Å²) in [5.41, 5.74) is 2.18. The molecular weight excluding hydrogens is 352 g/mol. The van der Waals surface area contributed by atoms with E-state index in [1.54, 1.807) is 10.9 Å². The normalized spacial score (nSPS) is 20.3. The van der Waals surface area contributed by atoms with E-state index in [9.17, 15) is 9.47 Å². The Balaban J connectivity index is 1.66. The second-order valence-corrected chi connectivity index (χ2v) is 8.48. The van der Waals surface area contributed by atoms with E-state index in [4.69, 9.17) is 4.78 Å². The van der Waals surface area contributed by atoms with Crippen LogP contribution in [0.2, 0.25) is 0 Å². The number of nitrogens with one attached hydrogen (secondary N) is 2. The van der Waals surface area contributed by atoms with E-state index in [1.807, 2.05) is 6.20 Å². The van der Waals surface area contributed by atoms with Crippen molar-refractivity contribution in [2.75, 3.05) is 25.0 Å². The van der Waals surface area contributed by atoms with E-state index in [1.165, 1.54) is 10.6 Å². The summed E-state index contributed by atoms with van der Waals surface area (Å²) in [5.74, 6) is 0.851. The molecule has 1 saturated heterocycles. The Morgan fingerprint density at radius 2 is 2.31 bits per heavy atom. The molecule has 0 spiro atoms. The number of aromatic nitrogens is 4. The summed E-state index contributed by atoms with van der Waals surface area (Å²) in [7, 11) is -2.99. The van der Waals surface area contributed by atoms with Gasteiger partial charge in [0.2, 0.25) is 0 Å². The Hall–Kier alpha value is -2.77. The van der Waals surface area contributed by atoms with Crippen LogP contribution in [0.5, 0.6) is 0 Å². The Kier molecular flexibility index (Phi) is 3.78. The van der Waals surface area contributed by atoms with Gasteiger partial charge >= 0.3 is 0 Å². The van der Waals surface area contributed by atoms with Crippen molar-refractivity contribution in [3.63, 3.8) is 0 Å². The zero-order valence-electron chi connectivity index (χ0n) is 14.1. The van der Waals surface area contributed by atoms with Gasteiger partial charge in [0.1, 0.15) is 27.6 Å². The van der Waals surface area contributed by atoms with Gasteiger partial charge in [0.05, 0.1) is 24.4 Å². The lowest BCUT2D eigenvalue weighted by atomic mass is 9.89. The van der Waals surface area contributed by atoms with Crippen LogP contribution >= 0.6 is 0 Å². The summed E-state index contributed by atoms with van der Waals surface area (Å²) >= 11 is 0. The molecule has 2 aliphatic rings. The molecule has 26 heavy (non-hydrogen) atoms. The van der Waals surface area contributed by atoms with Crippen molar-refractivity contribution in [2.24, 2.45) is 0 Å². The summed E-state index contributed by atoms with van der Waals surface area (Å²) in [6.45, 7) is 4.94. The average molecular weight is 370 g/mol. The molecule has 9 nitrogen and oxygen atoms in total. The fraction of sp³-hybridized carbons (Fsp3) is 0.375. The summed E-state index contributed by atoms with van der Waals surface area (Å²) in [5, 5.41) is 18.1. The van der Waals surface area contributed by atoms with E-state index < -0.39 is 15.5 Å². The first-order chi connectivity index (χ1) is 12.5. The molecule has 0 aliphatic carbocycles. The second kappa shape index (κ2) is 5.89. The number of rotatable bonds is 5. The SMILES string of the molecule is C=C[S@@](=N)(=O)N1CC(CC#N)(n2cc(-c3ncnc4c3CCN4)cn2)C1. The molecule has 0 bridgehead atoms. The van der Waals surface area contributed by atoms with Crippen LogP contribution in [-0.2, 0) is 21.9 Å². The standard InChI is InChI=1S/C16H18N8OS/c1-2-26(18,25)23-9-16(10-23,4-5-17)24-8-12(7-22-24)14-13-3-6-19-15(13)21-11-20-14/h2,7-8,11,18H,1,3-4,6,9-10H2,(H,19,20,21)/t26-/m0/s1. The van der Waals surface area contributed by atoms with Gasteiger partial charge in [0.25, 0.3) is 0 Å². The molecule has 0 aromatic carbocycles. The summed E-state index contributed by atoms with van der Waals surface area (Å²) in [6, 6.07) is 2.19. The number of hydrogen-bond donors (Lipinski definition) is 2. The lowest BCUT2D eigenvalue weighted by molar-refractivity contribution is 0.0756. The number of anilines is 1. The third kappa shape index (κ3) is 2.48. The number of nitriles is 1. The van der Waals surface area contributed by atoms with Crippen LogP contribution in [0.3, 0.4) is 0 Å². The summed E-state index contributed by atoms with van der Waals surface area (Å²) in [6.07, 6.45) is 6.21. The highest BCUT2D eigenvalue weighted by atomic mass is 32.2. The van der Waals surface area contributed by atoms with Gasteiger partial charge in [0.15, 0.2) is 0 Å². The van der Waals surface area contributed by atoms with Gasteiger partial charge in [-0.25, -0.2) is 23.3 Å². The Labute approximate surface area is 151 Å². The van der Waals surface area contributed by atoms with E-state index in [-0.39, 0.29) is 6.42 Å². The van der Waals surface area contributed by atoms with Crippen molar-refractivity contribution in [3.8, 4) is 17.3 Å². The first-order valence-corrected chi connectivity index (χ1v) is 9.73. The third-order valence-electron chi connectivity index (χ3n) is 4.91. The number of hydrogen-bond acceptors (Lipinski definition) is 7. The molecule has 1 fully saturated rings. The average Bonchev–Trinajstić information content (AvgIpc) is 3.26. The molecule has 0 saturated carbocycles. The van der Waals surface area contributed by atoms with E-state index in [0.29, 0.717) is 13.1 Å². The predicted molar refractivity (Wildman–Crippen MR) is 96.3 cm³/mol. The van der Waals surface area contributed by atoms with Crippen LogP contribution in [0.15, 0.2) is 30.7 Å². The van der Waals surface area contributed by atoms with E-state index in [0.717, 1.165) is 41.0 Å². The maximum absolute atomic E-state index is 12.2. The molecule has 0 radical (unpaired) electrons. The van der Waals surface area contributed by atoms with Crippen molar-refractivity contribution < 1.29 is 4.21 Å². The predicted octanol–water partition coefficient (Wildman–Crippen LogP) is 1.34. The third-order valence-corrected chi connectivity index (χ3v) is 6.39. The Morgan fingerprint density at radius 1 is 1.50 bits per heavy atom. The van der Waals surface area contributed by atoms with Crippen LogP contribution < -0.4 is 5.32 Å². The Bertz CT molecular complexity index is 1010. The molecule has 10 heteroatoms. The molecule has 2 aromatic rings. The van der Waals surface area contributed by atoms with Gasteiger partial charge in [-0.3, -0.25) is 4.68 Å². The number of nitrogens with zero attached hydrogens (tertiary/aromatic N) is 6. The van der Waals surface area contributed by atoms with E-state index >= 15 is 0 Å². The highest BCUT2D eigenvalue weighted by molar-refractivity contribution is 7.93. The highest BCUT2D eigenvalue weighted by Gasteiger charge is 2.48. The minimum Gasteiger partial charge on any atom is -0.369 e. The van der Waals surface area contributed by atoms with Crippen LogP contribution in [0.25, 0.3) is 11.3 Å². The largest absolute Gasteiger partial charge is 0.369 e. The van der Waals surface area contributed by atoms with Gasteiger partial charge in [-0.1, -0.05) is 6.58 Å². The fourth-order valence-corrected chi connectivity index (χ4v) is 4.53.